The Kier molecular flexibility index (Phi) is 4.06. The minimum atomic E-state index is -0.559. The fraction of sp³-hybridized carbons (Fsp3) is 0.0714. The number of hydrogen-bond acceptors (Lipinski definition) is 4. The van der Waals surface area contributed by atoms with Gasteiger partial charge in [0.1, 0.15) is 5.71 Å². The molecule has 1 aliphatic rings. The zero-order chi connectivity index (χ0) is 13.8. The van der Waals surface area contributed by atoms with Gasteiger partial charge in [-0.05, 0) is 58.8 Å². The maximum atomic E-state index is 11.8. The minimum Gasteiger partial charge on any atom is -0.312 e. The molecule has 0 aromatic heterocycles. The van der Waals surface area contributed by atoms with Gasteiger partial charge in [0.25, 0.3) is 0 Å². The topological polar surface area (TPSA) is 55.7 Å². The molecule has 0 bridgehead atoms. The van der Waals surface area contributed by atoms with Gasteiger partial charge in [0, 0.05) is 4.47 Å². The molecule has 1 aromatic carbocycles. The summed E-state index contributed by atoms with van der Waals surface area (Å²) in [5.74, 6) is -0.632. The van der Waals surface area contributed by atoms with Crippen molar-refractivity contribution in [2.45, 2.75) is 6.92 Å². The summed E-state index contributed by atoms with van der Waals surface area (Å²) in [5.41, 5.74) is 1.37. The smallest absolute Gasteiger partial charge is 0.312 e. The van der Waals surface area contributed by atoms with Crippen molar-refractivity contribution in [3.63, 3.8) is 0 Å². The number of ketones is 1. The first-order valence-electron chi connectivity index (χ1n) is 5.52. The van der Waals surface area contributed by atoms with Crippen LogP contribution in [0.5, 0.6) is 0 Å². The molecule has 1 aromatic rings. The molecule has 0 N–H and O–H groups in total. The Morgan fingerprint density at radius 1 is 1.26 bits per heavy atom. The van der Waals surface area contributed by atoms with E-state index in [1.807, 2.05) is 0 Å². The van der Waals surface area contributed by atoms with E-state index in [4.69, 9.17) is 4.84 Å². The van der Waals surface area contributed by atoms with Crippen molar-refractivity contribution in [1.82, 2.24) is 0 Å². The third-order valence-electron chi connectivity index (χ3n) is 2.49. The van der Waals surface area contributed by atoms with Gasteiger partial charge < -0.3 is 4.84 Å². The SMILES string of the molecule is CC1=CC(=NOC(=O)c2ccccc2Br)C=CC1=O. The zero-order valence-corrected chi connectivity index (χ0v) is 11.7. The molecule has 0 atom stereocenters. The van der Waals surface area contributed by atoms with Gasteiger partial charge in [0.2, 0.25) is 0 Å². The van der Waals surface area contributed by atoms with Crippen molar-refractivity contribution in [1.29, 1.82) is 0 Å². The van der Waals surface area contributed by atoms with Crippen LogP contribution in [-0.4, -0.2) is 17.5 Å². The molecule has 0 saturated carbocycles. The van der Waals surface area contributed by atoms with Crippen molar-refractivity contribution in [2.24, 2.45) is 5.16 Å². The first-order valence-corrected chi connectivity index (χ1v) is 6.32. The molecule has 0 heterocycles. The van der Waals surface area contributed by atoms with Gasteiger partial charge in [0.15, 0.2) is 5.78 Å². The van der Waals surface area contributed by atoms with Crippen LogP contribution < -0.4 is 0 Å². The molecule has 0 saturated heterocycles. The lowest BCUT2D eigenvalue weighted by Gasteiger charge is -2.04. The van der Waals surface area contributed by atoms with Crippen LogP contribution >= 0.6 is 15.9 Å². The van der Waals surface area contributed by atoms with Gasteiger partial charge in [0.05, 0.1) is 5.56 Å². The van der Waals surface area contributed by atoms with Gasteiger partial charge >= 0.3 is 5.97 Å². The highest BCUT2D eigenvalue weighted by atomic mass is 79.9. The lowest BCUT2D eigenvalue weighted by atomic mass is 10.1. The molecule has 4 nitrogen and oxygen atoms in total. The maximum Gasteiger partial charge on any atom is 0.366 e. The molecule has 19 heavy (non-hydrogen) atoms. The summed E-state index contributed by atoms with van der Waals surface area (Å²) in [6.45, 7) is 1.68. The van der Waals surface area contributed by atoms with E-state index in [1.165, 1.54) is 12.2 Å². The minimum absolute atomic E-state index is 0.0731. The Labute approximate surface area is 118 Å². The van der Waals surface area contributed by atoms with E-state index in [1.54, 1.807) is 37.3 Å². The monoisotopic (exact) mass is 319 g/mol. The van der Waals surface area contributed by atoms with Crippen LogP contribution in [0.25, 0.3) is 0 Å². The Morgan fingerprint density at radius 3 is 2.68 bits per heavy atom. The van der Waals surface area contributed by atoms with E-state index in [0.717, 1.165) is 0 Å². The first-order chi connectivity index (χ1) is 9.08. The van der Waals surface area contributed by atoms with Crippen LogP contribution in [0.3, 0.4) is 0 Å². The molecule has 5 heteroatoms. The lowest BCUT2D eigenvalue weighted by molar-refractivity contribution is -0.111. The van der Waals surface area contributed by atoms with Crippen LogP contribution in [0.2, 0.25) is 0 Å². The average Bonchev–Trinajstić information content (AvgIpc) is 2.40. The third kappa shape index (κ3) is 3.26. The van der Waals surface area contributed by atoms with Gasteiger partial charge in [-0.25, -0.2) is 4.79 Å². The summed E-state index contributed by atoms with van der Waals surface area (Å²) in [7, 11) is 0. The van der Waals surface area contributed by atoms with E-state index >= 15 is 0 Å². The molecule has 0 spiro atoms. The van der Waals surface area contributed by atoms with Crippen molar-refractivity contribution >= 4 is 33.4 Å². The van der Waals surface area contributed by atoms with Gasteiger partial charge in [-0.1, -0.05) is 17.3 Å². The van der Waals surface area contributed by atoms with Crippen molar-refractivity contribution < 1.29 is 14.4 Å². The van der Waals surface area contributed by atoms with E-state index < -0.39 is 5.97 Å². The van der Waals surface area contributed by atoms with Crippen molar-refractivity contribution in [2.75, 3.05) is 0 Å². The molecular formula is C14H10BrNO3. The van der Waals surface area contributed by atoms with Crippen LogP contribution in [0.1, 0.15) is 17.3 Å². The second-order valence-electron chi connectivity index (χ2n) is 3.90. The summed E-state index contributed by atoms with van der Waals surface area (Å²) in [6.07, 6.45) is 4.46. The average molecular weight is 320 g/mol. The van der Waals surface area contributed by atoms with Crippen molar-refractivity contribution in [3.05, 3.63) is 58.1 Å². The van der Waals surface area contributed by atoms with E-state index in [9.17, 15) is 9.59 Å². The highest BCUT2D eigenvalue weighted by molar-refractivity contribution is 9.10. The van der Waals surface area contributed by atoms with E-state index in [-0.39, 0.29) is 5.78 Å². The number of hydrogen-bond donors (Lipinski definition) is 0. The lowest BCUT2D eigenvalue weighted by Crippen LogP contribution is -2.08. The number of benzene rings is 1. The first kappa shape index (κ1) is 13.4. The highest BCUT2D eigenvalue weighted by Crippen LogP contribution is 2.17. The van der Waals surface area contributed by atoms with E-state index in [0.29, 0.717) is 21.3 Å². The number of carbonyl (C=O) groups is 2. The summed E-state index contributed by atoms with van der Waals surface area (Å²) >= 11 is 3.26. The predicted octanol–water partition coefficient (Wildman–Crippen LogP) is 3.05. The molecule has 0 aliphatic heterocycles. The number of halogens is 1. The third-order valence-corrected chi connectivity index (χ3v) is 3.18. The van der Waals surface area contributed by atoms with E-state index in [2.05, 4.69) is 21.1 Å². The van der Waals surface area contributed by atoms with Gasteiger partial charge in [-0.2, -0.15) is 0 Å². The standard InChI is InChI=1S/C14H10BrNO3/c1-9-8-10(6-7-13(9)17)16-19-14(18)11-4-2-3-5-12(11)15/h2-8H,1H3. The highest BCUT2D eigenvalue weighted by Gasteiger charge is 2.12. The normalized spacial score (nSPS) is 16.4. The molecule has 96 valence electrons. The summed E-state index contributed by atoms with van der Waals surface area (Å²) in [4.78, 5) is 27.8. The zero-order valence-electron chi connectivity index (χ0n) is 10.1. The second kappa shape index (κ2) is 5.75. The Bertz CT molecular complexity index is 629. The van der Waals surface area contributed by atoms with Gasteiger partial charge in [-0.15, -0.1) is 0 Å². The second-order valence-corrected chi connectivity index (χ2v) is 4.75. The Morgan fingerprint density at radius 2 is 2.00 bits per heavy atom. The molecule has 2 rings (SSSR count). The molecule has 0 unspecified atom stereocenters. The number of carbonyl (C=O) groups excluding carboxylic acids is 2. The molecule has 0 radical (unpaired) electrons. The van der Waals surface area contributed by atoms with Crippen LogP contribution in [-0.2, 0) is 9.63 Å². The Balaban J connectivity index is 2.12. The number of allylic oxidation sites excluding steroid dienone is 4. The fourth-order valence-corrected chi connectivity index (χ4v) is 1.91. The quantitative estimate of drug-likeness (QED) is 0.478. The maximum absolute atomic E-state index is 11.8. The number of oxime groups is 1. The van der Waals surface area contributed by atoms with Crippen molar-refractivity contribution in [3.8, 4) is 0 Å². The molecule has 1 aliphatic carbocycles. The summed E-state index contributed by atoms with van der Waals surface area (Å²) in [5, 5.41) is 3.72. The Hall–Kier alpha value is -2.01. The molecular weight excluding hydrogens is 310 g/mol. The fourth-order valence-electron chi connectivity index (χ4n) is 1.46. The van der Waals surface area contributed by atoms with Gasteiger partial charge in [-0.3, -0.25) is 4.79 Å². The number of rotatable bonds is 2. The van der Waals surface area contributed by atoms with Crippen LogP contribution in [0.15, 0.2) is 57.7 Å². The summed E-state index contributed by atoms with van der Waals surface area (Å²) in [6, 6.07) is 6.91. The summed E-state index contributed by atoms with van der Waals surface area (Å²) < 4.78 is 0.640. The molecule has 0 fully saturated rings. The van der Waals surface area contributed by atoms with Crippen LogP contribution in [0.4, 0.5) is 0 Å². The largest absolute Gasteiger partial charge is 0.366 e. The number of nitrogens with zero attached hydrogens (tertiary/aromatic N) is 1. The van der Waals surface area contributed by atoms with Crippen LogP contribution in [0, 0.1) is 0 Å². The predicted molar refractivity (Wildman–Crippen MR) is 74.9 cm³/mol. The molecule has 0 amide bonds.